The second kappa shape index (κ2) is 6.05. The van der Waals surface area contributed by atoms with Gasteiger partial charge in [-0.2, -0.15) is 0 Å². The van der Waals surface area contributed by atoms with Crippen molar-refractivity contribution in [2.45, 2.75) is 0 Å². The van der Waals surface area contributed by atoms with E-state index in [2.05, 4.69) is 37.5 Å². The predicted molar refractivity (Wildman–Crippen MR) is 39.1 cm³/mol. The van der Waals surface area contributed by atoms with Gasteiger partial charge in [-0.05, 0) is 0 Å². The summed E-state index contributed by atoms with van der Waals surface area (Å²) in [5.74, 6) is 0. The standard InChI is InChI=1S/CH2S3.Ca.2H/c2-1(3)4;;;/h(H2,2,3,4);;;. The summed E-state index contributed by atoms with van der Waals surface area (Å²) < 4.78 is 0.389. The van der Waals surface area contributed by atoms with Crippen LogP contribution in [-0.2, 0) is 0 Å². The maximum atomic E-state index is 4.27. The molecule has 0 nitrogen and oxygen atoms in total. The van der Waals surface area contributed by atoms with Gasteiger partial charge in [-0.15, -0.1) is 25.3 Å². The van der Waals surface area contributed by atoms with Crippen molar-refractivity contribution in [1.82, 2.24) is 0 Å². The summed E-state index contributed by atoms with van der Waals surface area (Å²) in [7, 11) is 0. The number of thiocarbonyl (C=S) groups is 1. The van der Waals surface area contributed by atoms with Crippen molar-refractivity contribution in [2.75, 3.05) is 0 Å². The average molecular weight is 152 g/mol. The van der Waals surface area contributed by atoms with Gasteiger partial charge >= 0.3 is 37.7 Å². The van der Waals surface area contributed by atoms with Crippen LogP contribution in [0.15, 0.2) is 0 Å². The van der Waals surface area contributed by atoms with Gasteiger partial charge in [0.2, 0.25) is 0 Å². The van der Waals surface area contributed by atoms with Crippen LogP contribution in [-0.4, -0.2) is 41.3 Å². The average Bonchev–Trinajstić information content (AvgIpc) is 0.811. The Kier molecular flexibility index (Phi) is 12.2. The summed E-state index contributed by atoms with van der Waals surface area (Å²) >= 11 is 11.4. The van der Waals surface area contributed by atoms with Crippen LogP contribution in [0.4, 0.5) is 0 Å². The van der Waals surface area contributed by atoms with Crippen molar-refractivity contribution in [2.24, 2.45) is 0 Å². The molecule has 0 rings (SSSR count). The van der Waals surface area contributed by atoms with Crippen LogP contribution in [0.2, 0.25) is 0 Å². The van der Waals surface area contributed by atoms with E-state index in [4.69, 9.17) is 0 Å². The van der Waals surface area contributed by atoms with Gasteiger partial charge in [0.25, 0.3) is 0 Å². The molecule has 0 amide bonds. The molecule has 28 valence electrons. The molecule has 0 N–H and O–H groups in total. The van der Waals surface area contributed by atoms with Crippen molar-refractivity contribution in [3.63, 3.8) is 0 Å². The Morgan fingerprint density at radius 1 is 1.40 bits per heavy atom. The zero-order valence-corrected chi connectivity index (χ0v) is 4.41. The van der Waals surface area contributed by atoms with E-state index in [0.29, 0.717) is 3.53 Å². The van der Waals surface area contributed by atoms with Crippen LogP contribution in [0, 0.1) is 0 Å². The van der Waals surface area contributed by atoms with Gasteiger partial charge < -0.3 is 0 Å². The van der Waals surface area contributed by atoms with Gasteiger partial charge in [-0.1, -0.05) is 12.2 Å². The van der Waals surface area contributed by atoms with Crippen molar-refractivity contribution in [3.05, 3.63) is 0 Å². The van der Waals surface area contributed by atoms with Gasteiger partial charge in [0.15, 0.2) is 0 Å². The topological polar surface area (TPSA) is 0 Å². The Labute approximate surface area is 77.5 Å². The van der Waals surface area contributed by atoms with E-state index in [9.17, 15) is 0 Å². The molecule has 0 heterocycles. The second-order valence-electron chi connectivity index (χ2n) is 0.283. The van der Waals surface area contributed by atoms with E-state index in [0.717, 1.165) is 0 Å². The third-order valence-electron chi connectivity index (χ3n) is 0. The molecule has 0 saturated heterocycles. The molecule has 0 spiro atoms. The first-order valence-corrected chi connectivity index (χ1v) is 1.95. The van der Waals surface area contributed by atoms with Crippen LogP contribution in [0.1, 0.15) is 0 Å². The molecule has 4 heteroatoms. The van der Waals surface area contributed by atoms with E-state index in [1.165, 1.54) is 0 Å². The van der Waals surface area contributed by atoms with Crippen molar-refractivity contribution in [3.8, 4) is 0 Å². The van der Waals surface area contributed by atoms with E-state index >= 15 is 0 Å². The summed E-state index contributed by atoms with van der Waals surface area (Å²) in [5.41, 5.74) is 0. The zero-order chi connectivity index (χ0) is 3.58. The Bertz CT molecular complexity index is 29.9. The first-order chi connectivity index (χ1) is 1.73. The van der Waals surface area contributed by atoms with Crippen LogP contribution in [0.5, 0.6) is 0 Å². The van der Waals surface area contributed by atoms with Crippen molar-refractivity contribution >= 4 is 78.7 Å². The third-order valence-corrected chi connectivity index (χ3v) is 0. The van der Waals surface area contributed by atoms with Crippen LogP contribution in [0.25, 0.3) is 0 Å². The molecule has 0 atom stereocenters. The molecule has 0 bridgehead atoms. The molecule has 0 aromatic heterocycles. The maximum absolute atomic E-state index is 4.27. The van der Waals surface area contributed by atoms with Crippen molar-refractivity contribution < 1.29 is 0 Å². The number of hydrogen-bond donors (Lipinski definition) is 2. The second-order valence-corrected chi connectivity index (χ2v) is 2.54. The molecule has 5 heavy (non-hydrogen) atoms. The van der Waals surface area contributed by atoms with E-state index < -0.39 is 0 Å². The fourth-order valence-corrected chi connectivity index (χ4v) is 0. The fourth-order valence-electron chi connectivity index (χ4n) is 0. The van der Waals surface area contributed by atoms with Crippen LogP contribution in [0.3, 0.4) is 0 Å². The molecule has 0 aromatic carbocycles. The normalized spacial score (nSPS) is 5.20. The number of thiol groups is 2. The molecule has 0 aliphatic rings. The Morgan fingerprint density at radius 2 is 1.40 bits per heavy atom. The van der Waals surface area contributed by atoms with Crippen molar-refractivity contribution in [1.29, 1.82) is 0 Å². The van der Waals surface area contributed by atoms with Gasteiger partial charge in [0.05, 0.1) is 3.53 Å². The monoisotopic (exact) mass is 152 g/mol. The van der Waals surface area contributed by atoms with Crippen LogP contribution >= 0.6 is 37.5 Å². The molecule has 0 unspecified atom stereocenters. The van der Waals surface area contributed by atoms with E-state index in [1.807, 2.05) is 0 Å². The summed E-state index contributed by atoms with van der Waals surface area (Å²) in [5, 5.41) is 0. The minimum absolute atomic E-state index is 0. The molecule has 0 aliphatic heterocycles. The Morgan fingerprint density at radius 3 is 1.40 bits per heavy atom. The van der Waals surface area contributed by atoms with Gasteiger partial charge in [0.1, 0.15) is 0 Å². The molecule has 0 saturated carbocycles. The predicted octanol–water partition coefficient (Wildman–Crippen LogP) is 0.215. The van der Waals surface area contributed by atoms with E-state index in [1.54, 1.807) is 0 Å². The molecule has 0 aliphatic carbocycles. The number of rotatable bonds is 0. The Hall–Kier alpha value is 2.05. The first kappa shape index (κ1) is 10.1. The SMILES string of the molecule is S=C(S)S.[CaH2]. The molecule has 0 fully saturated rings. The molecular weight excluding hydrogens is 148 g/mol. The Balaban J connectivity index is 0. The summed E-state index contributed by atoms with van der Waals surface area (Å²) in [6, 6.07) is 0. The first-order valence-electron chi connectivity index (χ1n) is 0.651. The van der Waals surface area contributed by atoms with Gasteiger partial charge in [-0.3, -0.25) is 0 Å². The quantitative estimate of drug-likeness (QED) is 0.284. The molecule has 0 aromatic rings. The molecular formula is CH4CaS3. The summed E-state index contributed by atoms with van der Waals surface area (Å²) in [6.45, 7) is 0. The fraction of sp³-hybridized carbons (Fsp3) is 0. The van der Waals surface area contributed by atoms with Crippen LogP contribution < -0.4 is 0 Å². The van der Waals surface area contributed by atoms with Gasteiger partial charge in [0, 0.05) is 0 Å². The number of hydrogen-bond acceptors (Lipinski definition) is 1. The molecule has 0 radical (unpaired) electrons. The van der Waals surface area contributed by atoms with E-state index in [-0.39, 0.29) is 37.7 Å². The summed E-state index contributed by atoms with van der Waals surface area (Å²) in [6.07, 6.45) is 0. The zero-order valence-electron chi connectivity index (χ0n) is 1.80. The third kappa shape index (κ3) is 23.6. The minimum atomic E-state index is 0. The summed E-state index contributed by atoms with van der Waals surface area (Å²) in [4.78, 5) is 0. The van der Waals surface area contributed by atoms with Gasteiger partial charge in [-0.25, -0.2) is 0 Å².